The Bertz CT molecular complexity index is 445. The van der Waals surface area contributed by atoms with E-state index < -0.39 is 0 Å². The molecular weight excluding hydrogens is 268 g/mol. The molecule has 0 amide bonds. The molecule has 2 unspecified atom stereocenters. The van der Waals surface area contributed by atoms with Gasteiger partial charge in [-0.15, -0.1) is 0 Å². The molecule has 2 heterocycles. The van der Waals surface area contributed by atoms with Gasteiger partial charge in [-0.05, 0) is 34.0 Å². The van der Waals surface area contributed by atoms with Crippen LogP contribution in [0.25, 0.3) is 0 Å². The average molecular weight is 294 g/mol. The summed E-state index contributed by atoms with van der Waals surface area (Å²) in [4.78, 5) is 6.77. The van der Waals surface area contributed by atoms with E-state index in [2.05, 4.69) is 22.9 Å². The lowest BCUT2D eigenvalue weighted by Crippen LogP contribution is -2.32. The van der Waals surface area contributed by atoms with Gasteiger partial charge in [-0.2, -0.15) is 0 Å². The molecule has 1 aliphatic rings. The van der Waals surface area contributed by atoms with Crippen LogP contribution in [0.5, 0.6) is 0 Å². The Morgan fingerprint density at radius 2 is 2.19 bits per heavy atom. The fraction of sp³-hybridized carbons (Fsp3) is 0.688. The van der Waals surface area contributed by atoms with Crippen molar-refractivity contribution in [3.63, 3.8) is 0 Å². The third kappa shape index (κ3) is 5.04. The van der Waals surface area contributed by atoms with Gasteiger partial charge in [0.2, 0.25) is 0 Å². The maximum atomic E-state index is 5.97. The first-order chi connectivity index (χ1) is 10.1. The predicted molar refractivity (Wildman–Crippen MR) is 81.3 cm³/mol. The van der Waals surface area contributed by atoms with Gasteiger partial charge in [0.25, 0.3) is 0 Å². The van der Waals surface area contributed by atoms with Crippen LogP contribution in [0.2, 0.25) is 0 Å². The minimum absolute atomic E-state index is 0.00132. The molecule has 0 aromatic carbocycles. The van der Waals surface area contributed by atoms with Gasteiger partial charge in [0.15, 0.2) is 0 Å². The predicted octanol–water partition coefficient (Wildman–Crippen LogP) is 1.94. The highest BCUT2D eigenvalue weighted by molar-refractivity contribution is 5.24. The highest BCUT2D eigenvalue weighted by atomic mass is 16.6. The van der Waals surface area contributed by atoms with Crippen molar-refractivity contribution in [1.29, 1.82) is 0 Å². The van der Waals surface area contributed by atoms with E-state index in [1.807, 2.05) is 27.1 Å². The number of hydrogen-bond acceptors (Lipinski definition) is 5. The maximum Gasteiger partial charge on any atom is 0.104 e. The molecule has 5 nitrogen and oxygen atoms in total. The Kier molecular flexibility index (Phi) is 6.11. The van der Waals surface area contributed by atoms with Gasteiger partial charge in [-0.25, -0.2) is 0 Å². The van der Waals surface area contributed by atoms with Crippen molar-refractivity contribution in [2.24, 2.45) is 0 Å². The summed E-state index contributed by atoms with van der Waals surface area (Å²) in [5.41, 5.74) is 3.26. The second kappa shape index (κ2) is 7.84. The molecule has 2 rings (SSSR count). The van der Waals surface area contributed by atoms with Crippen LogP contribution in [0.4, 0.5) is 0 Å². The quantitative estimate of drug-likeness (QED) is 0.802. The monoisotopic (exact) mass is 294 g/mol. The van der Waals surface area contributed by atoms with E-state index in [1.54, 1.807) is 0 Å². The maximum absolute atomic E-state index is 5.97. The Morgan fingerprint density at radius 1 is 1.38 bits per heavy atom. The van der Waals surface area contributed by atoms with E-state index in [1.165, 1.54) is 0 Å². The van der Waals surface area contributed by atoms with E-state index >= 15 is 0 Å². The van der Waals surface area contributed by atoms with Gasteiger partial charge < -0.3 is 19.1 Å². The molecular formula is C16H26N2O3. The van der Waals surface area contributed by atoms with Gasteiger partial charge in [0, 0.05) is 17.8 Å². The molecule has 1 aliphatic heterocycles. The fourth-order valence-electron chi connectivity index (χ4n) is 2.39. The zero-order valence-corrected chi connectivity index (χ0v) is 13.5. The number of aromatic nitrogens is 1. The zero-order valence-electron chi connectivity index (χ0n) is 13.5. The smallest absolute Gasteiger partial charge is 0.104 e. The lowest BCUT2D eigenvalue weighted by Gasteiger charge is -2.25. The molecule has 1 saturated heterocycles. The molecule has 0 N–H and O–H groups in total. The van der Waals surface area contributed by atoms with E-state index in [-0.39, 0.29) is 12.2 Å². The Hall–Kier alpha value is -1.01. The van der Waals surface area contributed by atoms with Crippen LogP contribution in [-0.4, -0.2) is 56.5 Å². The van der Waals surface area contributed by atoms with Crippen molar-refractivity contribution in [3.8, 4) is 0 Å². The summed E-state index contributed by atoms with van der Waals surface area (Å²) in [6, 6.07) is 4.15. The van der Waals surface area contributed by atoms with Crippen LogP contribution >= 0.6 is 0 Å². The van der Waals surface area contributed by atoms with Crippen LogP contribution in [-0.2, 0) is 20.8 Å². The molecule has 5 heteroatoms. The lowest BCUT2D eigenvalue weighted by molar-refractivity contribution is -0.123. The lowest BCUT2D eigenvalue weighted by atomic mass is 10.1. The molecule has 0 spiro atoms. The molecule has 0 aliphatic carbocycles. The normalized spacial score (nSPS) is 20.7. The molecule has 0 bridgehead atoms. The second-order valence-corrected chi connectivity index (χ2v) is 5.77. The van der Waals surface area contributed by atoms with Gasteiger partial charge >= 0.3 is 0 Å². The number of ether oxygens (including phenoxy) is 3. The SMILES string of the molecule is Cc1ccc(C(C)OCC2COCCO2)c(CN(C)C)n1. The van der Waals surface area contributed by atoms with Gasteiger partial charge in [0.05, 0.1) is 38.2 Å². The number of aryl methyl sites for hydroxylation is 1. The minimum atomic E-state index is -0.00132. The van der Waals surface area contributed by atoms with Crippen LogP contribution in [0.1, 0.15) is 30.0 Å². The van der Waals surface area contributed by atoms with Crippen LogP contribution in [0, 0.1) is 6.92 Å². The summed E-state index contributed by atoms with van der Waals surface area (Å²) >= 11 is 0. The van der Waals surface area contributed by atoms with E-state index in [9.17, 15) is 0 Å². The largest absolute Gasteiger partial charge is 0.376 e. The molecule has 0 radical (unpaired) electrons. The van der Waals surface area contributed by atoms with Gasteiger partial charge in [-0.1, -0.05) is 6.07 Å². The zero-order chi connectivity index (χ0) is 15.2. The van der Waals surface area contributed by atoms with Crippen LogP contribution in [0.3, 0.4) is 0 Å². The first-order valence-corrected chi connectivity index (χ1v) is 7.48. The van der Waals surface area contributed by atoms with Crippen molar-refractivity contribution in [1.82, 2.24) is 9.88 Å². The topological polar surface area (TPSA) is 43.8 Å². The molecule has 1 fully saturated rings. The number of nitrogens with zero attached hydrogens (tertiary/aromatic N) is 2. The Labute approximate surface area is 127 Å². The van der Waals surface area contributed by atoms with Gasteiger partial charge in [-0.3, -0.25) is 4.98 Å². The number of hydrogen-bond donors (Lipinski definition) is 0. The number of rotatable bonds is 6. The minimum Gasteiger partial charge on any atom is -0.376 e. The fourth-order valence-corrected chi connectivity index (χ4v) is 2.39. The highest BCUT2D eigenvalue weighted by Crippen LogP contribution is 2.22. The summed E-state index contributed by atoms with van der Waals surface area (Å²) in [6.07, 6.45) is 0.0375. The summed E-state index contributed by atoms with van der Waals surface area (Å²) in [5.74, 6) is 0. The van der Waals surface area contributed by atoms with E-state index in [0.717, 1.165) is 23.5 Å². The second-order valence-electron chi connectivity index (χ2n) is 5.77. The Morgan fingerprint density at radius 3 is 2.86 bits per heavy atom. The third-order valence-electron chi connectivity index (χ3n) is 3.47. The molecule has 21 heavy (non-hydrogen) atoms. The first kappa shape index (κ1) is 16.4. The number of pyridine rings is 1. The van der Waals surface area contributed by atoms with Crippen LogP contribution in [0.15, 0.2) is 12.1 Å². The third-order valence-corrected chi connectivity index (χ3v) is 3.47. The molecule has 118 valence electrons. The first-order valence-electron chi connectivity index (χ1n) is 7.48. The van der Waals surface area contributed by atoms with E-state index in [4.69, 9.17) is 14.2 Å². The summed E-state index contributed by atoms with van der Waals surface area (Å²) in [7, 11) is 4.10. The van der Waals surface area contributed by atoms with Crippen molar-refractivity contribution in [2.75, 3.05) is 40.5 Å². The van der Waals surface area contributed by atoms with E-state index in [0.29, 0.717) is 26.4 Å². The van der Waals surface area contributed by atoms with Crippen molar-refractivity contribution in [3.05, 3.63) is 29.1 Å². The van der Waals surface area contributed by atoms with Crippen molar-refractivity contribution < 1.29 is 14.2 Å². The molecule has 1 aromatic heterocycles. The van der Waals surface area contributed by atoms with Gasteiger partial charge in [0.1, 0.15) is 6.10 Å². The average Bonchev–Trinajstić information content (AvgIpc) is 2.45. The van der Waals surface area contributed by atoms with Crippen molar-refractivity contribution in [2.45, 2.75) is 32.6 Å². The van der Waals surface area contributed by atoms with Crippen LogP contribution < -0.4 is 0 Å². The molecule has 1 aromatic rings. The summed E-state index contributed by atoms with van der Waals surface area (Å²) in [5, 5.41) is 0. The molecule has 0 saturated carbocycles. The summed E-state index contributed by atoms with van der Waals surface area (Å²) < 4.78 is 17.0. The van der Waals surface area contributed by atoms with Crippen molar-refractivity contribution >= 4 is 0 Å². The standard InChI is InChI=1S/C16H26N2O3/c1-12-5-6-15(16(17-12)9-18(3)4)13(2)21-11-14-10-19-7-8-20-14/h5-6,13-14H,7-11H2,1-4H3. The summed E-state index contributed by atoms with van der Waals surface area (Å²) in [6.45, 7) is 7.39. The Balaban J connectivity index is 1.98. The highest BCUT2D eigenvalue weighted by Gasteiger charge is 2.18. The molecule has 2 atom stereocenters.